The Balaban J connectivity index is 1.95. The first-order valence-corrected chi connectivity index (χ1v) is 11.9. The quantitative estimate of drug-likeness (QED) is 0.373. The number of hydrogen-bond acceptors (Lipinski definition) is 4. The van der Waals surface area contributed by atoms with E-state index in [-0.39, 0.29) is 18.1 Å². The molecule has 1 fully saturated rings. The predicted molar refractivity (Wildman–Crippen MR) is 128 cm³/mol. The highest BCUT2D eigenvalue weighted by atomic mass is 19.3. The molecule has 2 N–H and O–H groups in total. The molecule has 2 aromatic rings. The second kappa shape index (κ2) is 11.9. The molecular weight excluding hydrogens is 426 g/mol. The van der Waals surface area contributed by atoms with Gasteiger partial charge in [-0.1, -0.05) is 32.3 Å². The number of rotatable bonds is 11. The van der Waals surface area contributed by atoms with Gasteiger partial charge in [0.2, 0.25) is 0 Å². The Morgan fingerprint density at radius 2 is 1.82 bits per heavy atom. The number of carboxylic acid groups (broad SMARTS) is 1. The van der Waals surface area contributed by atoms with Crippen molar-refractivity contribution in [2.75, 3.05) is 16.8 Å². The van der Waals surface area contributed by atoms with Crippen LogP contribution >= 0.6 is 0 Å². The number of carbonyl (C=O) groups is 1. The van der Waals surface area contributed by atoms with Crippen molar-refractivity contribution in [1.82, 2.24) is 0 Å². The highest BCUT2D eigenvalue weighted by Crippen LogP contribution is 2.37. The Morgan fingerprint density at radius 1 is 1.12 bits per heavy atom. The molecule has 0 aliphatic heterocycles. The third kappa shape index (κ3) is 6.83. The summed E-state index contributed by atoms with van der Waals surface area (Å²) < 4.78 is 29.4. The minimum Gasteiger partial charge on any atom is -0.481 e. The predicted octanol–water partition coefficient (Wildman–Crippen LogP) is 7.16. The van der Waals surface area contributed by atoms with Crippen LogP contribution in [0.1, 0.15) is 70.3 Å². The van der Waals surface area contributed by atoms with Crippen molar-refractivity contribution in [3.8, 4) is 5.75 Å². The van der Waals surface area contributed by atoms with E-state index in [1.807, 2.05) is 19.1 Å². The third-order valence-electron chi connectivity index (χ3n) is 6.43. The molecule has 0 spiro atoms. The Bertz CT molecular complexity index is 899. The van der Waals surface area contributed by atoms with Crippen LogP contribution in [0.2, 0.25) is 0 Å². The Hall–Kier alpha value is -2.83. The lowest BCUT2D eigenvalue weighted by molar-refractivity contribution is -0.137. The lowest BCUT2D eigenvalue weighted by atomic mass is 9.91. The van der Waals surface area contributed by atoms with Gasteiger partial charge in [-0.05, 0) is 74.1 Å². The number of anilines is 3. The number of nitrogens with zero attached hydrogens (tertiary/aromatic N) is 1. The molecule has 1 aliphatic carbocycles. The lowest BCUT2D eigenvalue weighted by Gasteiger charge is -2.37. The van der Waals surface area contributed by atoms with Crippen molar-refractivity contribution >= 4 is 23.0 Å². The van der Waals surface area contributed by atoms with Crippen LogP contribution in [0.3, 0.4) is 0 Å². The van der Waals surface area contributed by atoms with Gasteiger partial charge in [-0.15, -0.1) is 0 Å². The van der Waals surface area contributed by atoms with E-state index in [4.69, 9.17) is 0 Å². The van der Waals surface area contributed by atoms with E-state index >= 15 is 0 Å². The first-order chi connectivity index (χ1) is 15.9. The summed E-state index contributed by atoms with van der Waals surface area (Å²) in [4.78, 5) is 13.8. The molecule has 1 atom stereocenters. The van der Waals surface area contributed by atoms with E-state index in [9.17, 15) is 18.7 Å². The molecule has 5 nitrogen and oxygen atoms in total. The zero-order valence-corrected chi connectivity index (χ0v) is 19.4. The fourth-order valence-electron chi connectivity index (χ4n) is 4.76. The van der Waals surface area contributed by atoms with Crippen LogP contribution in [0.5, 0.6) is 5.75 Å². The van der Waals surface area contributed by atoms with E-state index in [1.54, 1.807) is 12.1 Å². The third-order valence-corrected chi connectivity index (χ3v) is 6.43. The summed E-state index contributed by atoms with van der Waals surface area (Å²) >= 11 is 0. The van der Waals surface area contributed by atoms with E-state index in [1.165, 1.54) is 31.4 Å². The van der Waals surface area contributed by atoms with Gasteiger partial charge in [-0.25, -0.2) is 0 Å². The SMILES string of the molecule is CC[C@@H](CC(=O)O)c1ccc(N(CC)C2CCCCC2)c(Nc2ccc(OC(F)F)cc2)c1. The summed E-state index contributed by atoms with van der Waals surface area (Å²) in [6.45, 7) is 2.16. The van der Waals surface area contributed by atoms with Gasteiger partial charge in [0.05, 0.1) is 17.8 Å². The highest BCUT2D eigenvalue weighted by molar-refractivity contribution is 5.77. The van der Waals surface area contributed by atoms with Gasteiger partial charge in [0.25, 0.3) is 0 Å². The summed E-state index contributed by atoms with van der Waals surface area (Å²) in [5, 5.41) is 12.8. The number of alkyl halides is 2. The first-order valence-electron chi connectivity index (χ1n) is 11.9. The molecule has 2 aromatic carbocycles. The number of ether oxygens (including phenoxy) is 1. The number of halogens is 2. The molecule has 0 amide bonds. The van der Waals surface area contributed by atoms with Gasteiger partial charge in [0.1, 0.15) is 5.75 Å². The maximum atomic E-state index is 12.5. The largest absolute Gasteiger partial charge is 0.481 e. The van der Waals surface area contributed by atoms with Gasteiger partial charge in [-0.2, -0.15) is 8.78 Å². The van der Waals surface area contributed by atoms with Crippen molar-refractivity contribution in [2.24, 2.45) is 0 Å². The molecule has 0 saturated heterocycles. The average Bonchev–Trinajstić information content (AvgIpc) is 2.80. The van der Waals surface area contributed by atoms with E-state index in [0.717, 1.165) is 48.4 Å². The van der Waals surface area contributed by atoms with E-state index < -0.39 is 12.6 Å². The lowest BCUT2D eigenvalue weighted by Crippen LogP contribution is -2.37. The molecule has 0 bridgehead atoms. The zero-order chi connectivity index (χ0) is 23.8. The van der Waals surface area contributed by atoms with E-state index in [0.29, 0.717) is 6.04 Å². The summed E-state index contributed by atoms with van der Waals surface area (Å²) in [5.74, 6) is -0.787. The summed E-state index contributed by atoms with van der Waals surface area (Å²) in [5.41, 5.74) is 3.70. The average molecular weight is 461 g/mol. The van der Waals surface area contributed by atoms with Crippen LogP contribution in [-0.4, -0.2) is 30.3 Å². The molecule has 3 rings (SSSR count). The monoisotopic (exact) mass is 460 g/mol. The molecule has 0 heterocycles. The van der Waals surface area contributed by atoms with Crippen molar-refractivity contribution < 1.29 is 23.4 Å². The smallest absolute Gasteiger partial charge is 0.387 e. The number of benzene rings is 2. The number of carboxylic acids is 1. The van der Waals surface area contributed by atoms with Crippen LogP contribution in [0.15, 0.2) is 42.5 Å². The van der Waals surface area contributed by atoms with Crippen LogP contribution < -0.4 is 15.0 Å². The van der Waals surface area contributed by atoms with Crippen LogP contribution in [0, 0.1) is 0 Å². The van der Waals surface area contributed by atoms with Crippen LogP contribution in [0.4, 0.5) is 25.8 Å². The molecule has 1 saturated carbocycles. The van der Waals surface area contributed by atoms with Crippen LogP contribution in [0.25, 0.3) is 0 Å². The molecule has 1 aliphatic rings. The van der Waals surface area contributed by atoms with Crippen molar-refractivity contribution in [2.45, 2.75) is 77.4 Å². The van der Waals surface area contributed by atoms with Crippen molar-refractivity contribution in [3.63, 3.8) is 0 Å². The molecule has 33 heavy (non-hydrogen) atoms. The molecule has 0 unspecified atom stereocenters. The fraction of sp³-hybridized carbons (Fsp3) is 0.500. The summed E-state index contributed by atoms with van der Waals surface area (Å²) in [6.07, 6.45) is 6.85. The summed E-state index contributed by atoms with van der Waals surface area (Å²) in [6, 6.07) is 13.1. The van der Waals surface area contributed by atoms with Gasteiger partial charge in [0, 0.05) is 18.3 Å². The minimum atomic E-state index is -2.86. The number of nitrogens with one attached hydrogen (secondary N) is 1. The first kappa shape index (κ1) is 24.8. The van der Waals surface area contributed by atoms with Gasteiger partial charge in [0.15, 0.2) is 0 Å². The highest BCUT2D eigenvalue weighted by Gasteiger charge is 2.23. The van der Waals surface area contributed by atoms with Crippen LogP contribution in [-0.2, 0) is 4.79 Å². The number of hydrogen-bond donors (Lipinski definition) is 2. The number of aliphatic carboxylic acids is 1. The Kier molecular flexibility index (Phi) is 8.92. The topological polar surface area (TPSA) is 61.8 Å². The van der Waals surface area contributed by atoms with Gasteiger partial charge >= 0.3 is 12.6 Å². The van der Waals surface area contributed by atoms with Crippen molar-refractivity contribution in [1.29, 1.82) is 0 Å². The molecule has 7 heteroatoms. The molecule has 180 valence electrons. The Morgan fingerprint density at radius 3 is 2.39 bits per heavy atom. The molecule has 0 aromatic heterocycles. The molecule has 0 radical (unpaired) electrons. The maximum absolute atomic E-state index is 12.5. The molecular formula is C26H34F2N2O3. The zero-order valence-electron chi connectivity index (χ0n) is 19.4. The van der Waals surface area contributed by atoms with Gasteiger partial charge in [-0.3, -0.25) is 4.79 Å². The standard InChI is InChI=1S/C26H34F2N2O3/c1-3-18(17-25(31)32)19-10-15-24(30(4-2)21-8-6-5-7-9-21)23(16-19)29-20-11-13-22(14-12-20)33-26(27)28/h10-16,18,21,26,29H,3-9,17H2,1-2H3,(H,31,32)/t18-/m0/s1. The second-order valence-electron chi connectivity index (χ2n) is 8.59. The maximum Gasteiger partial charge on any atom is 0.387 e. The van der Waals surface area contributed by atoms with E-state index in [2.05, 4.69) is 27.9 Å². The Labute approximate surface area is 194 Å². The second-order valence-corrected chi connectivity index (χ2v) is 8.59. The van der Waals surface area contributed by atoms with Crippen molar-refractivity contribution in [3.05, 3.63) is 48.0 Å². The minimum absolute atomic E-state index is 0.0784. The fourth-order valence-corrected chi connectivity index (χ4v) is 4.76. The normalized spacial score (nSPS) is 15.3. The van der Waals surface area contributed by atoms with Gasteiger partial charge < -0.3 is 20.1 Å². The summed E-state index contributed by atoms with van der Waals surface area (Å²) in [7, 11) is 0.